The maximum Gasteiger partial charge on any atom is 0.494 e. The summed E-state index contributed by atoms with van der Waals surface area (Å²) in [6, 6.07) is 16.2. The van der Waals surface area contributed by atoms with Crippen LogP contribution in [0.4, 0.5) is 17.1 Å². The number of nitrogens with zero attached hydrogens (tertiary/aromatic N) is 2. The standard InChI is InChI=1S/C25H29N2.C5H8O2.Ir/c1-23(2)13-14-24(3,4)20-16(23)11-12-18-21(20)25(5,6)17-9-8-10-19-22(17)27(18)15-26(19)7;1-4(6)3-5(2)7;/h8-11H,13-14H2,1-7H3;3,6H,1-2H3;/q+1;;/b;4-3-;. The van der Waals surface area contributed by atoms with E-state index in [1.54, 1.807) is 5.56 Å². The minimum Gasteiger partial charge on any atom is -0.512 e. The monoisotopic (exact) mass is 650 g/mol. The van der Waals surface area contributed by atoms with E-state index in [4.69, 9.17) is 5.11 Å². The Hall–Kier alpha value is -2.32. The second kappa shape index (κ2) is 8.96. The normalized spacial score (nSPS) is 19.5. The summed E-state index contributed by atoms with van der Waals surface area (Å²) in [5.41, 5.74) is 9.88. The largest absolute Gasteiger partial charge is 0.512 e. The number of fused-ring (bicyclic) bond motifs is 4. The number of para-hydroxylation sites is 1. The topological polar surface area (TPSA) is 43.3 Å². The van der Waals surface area contributed by atoms with Crippen molar-refractivity contribution >= 4 is 28.9 Å². The number of rotatable bonds is 1. The van der Waals surface area contributed by atoms with Crippen molar-refractivity contribution < 1.29 is 34.6 Å². The van der Waals surface area contributed by atoms with Gasteiger partial charge in [-0.2, -0.15) is 6.07 Å². The summed E-state index contributed by atoms with van der Waals surface area (Å²) in [5, 5.41) is 8.36. The van der Waals surface area contributed by atoms with Crippen LogP contribution >= 0.6 is 0 Å². The van der Waals surface area contributed by atoms with E-state index in [1.807, 2.05) is 0 Å². The van der Waals surface area contributed by atoms with Gasteiger partial charge in [0.15, 0.2) is 12.8 Å². The van der Waals surface area contributed by atoms with Gasteiger partial charge in [0.05, 0.1) is 5.76 Å². The second-order valence-electron chi connectivity index (χ2n) is 11.8. The molecule has 5 heteroatoms. The number of ketones is 1. The van der Waals surface area contributed by atoms with E-state index in [1.165, 1.54) is 66.5 Å². The van der Waals surface area contributed by atoms with E-state index >= 15 is 0 Å². The zero-order valence-electron chi connectivity index (χ0n) is 22.4. The van der Waals surface area contributed by atoms with E-state index in [9.17, 15) is 4.79 Å². The zero-order chi connectivity index (χ0) is 25.2. The third-order valence-corrected chi connectivity index (χ3v) is 7.67. The predicted molar refractivity (Wildman–Crippen MR) is 139 cm³/mol. The molecule has 35 heavy (non-hydrogen) atoms. The van der Waals surface area contributed by atoms with Crippen molar-refractivity contribution in [2.24, 2.45) is 0 Å². The smallest absolute Gasteiger partial charge is 0.494 e. The summed E-state index contributed by atoms with van der Waals surface area (Å²) in [6.45, 7) is 17.3. The van der Waals surface area contributed by atoms with Gasteiger partial charge in [-0.1, -0.05) is 80.2 Å². The molecule has 1 N–H and O–H groups in total. The fourth-order valence-corrected chi connectivity index (χ4v) is 5.83. The van der Waals surface area contributed by atoms with Crippen LogP contribution in [-0.2, 0) is 41.1 Å². The van der Waals surface area contributed by atoms with Crippen LogP contribution in [0.5, 0.6) is 0 Å². The van der Waals surface area contributed by atoms with Gasteiger partial charge in [0.25, 0.3) is 11.4 Å². The molecule has 4 nitrogen and oxygen atoms in total. The van der Waals surface area contributed by atoms with E-state index in [0.29, 0.717) is 0 Å². The van der Waals surface area contributed by atoms with Crippen molar-refractivity contribution in [1.29, 1.82) is 0 Å². The third kappa shape index (κ3) is 4.40. The van der Waals surface area contributed by atoms with E-state index in [2.05, 4.69) is 94.1 Å². The summed E-state index contributed by atoms with van der Waals surface area (Å²) in [6.07, 6.45) is 3.62. The number of carbonyl (C=O) groups excluding carboxylic acids is 1. The Morgan fingerprint density at radius 1 is 1.03 bits per heavy atom. The first-order valence-electron chi connectivity index (χ1n) is 12.1. The van der Waals surface area contributed by atoms with Crippen molar-refractivity contribution in [2.45, 2.75) is 84.5 Å². The average Bonchev–Trinajstić information content (AvgIpc) is 3.06. The summed E-state index contributed by atoms with van der Waals surface area (Å²) >= 11 is 0. The summed E-state index contributed by atoms with van der Waals surface area (Å²) in [5.74, 6) is -0.0625. The molecule has 187 valence electrons. The van der Waals surface area contributed by atoms with Crippen LogP contribution < -0.4 is 4.58 Å². The Kier molecular flexibility index (Phi) is 6.98. The van der Waals surface area contributed by atoms with Crippen LogP contribution in [0.25, 0.3) is 0 Å². The second-order valence-corrected chi connectivity index (χ2v) is 11.8. The first-order valence-corrected chi connectivity index (χ1v) is 12.1. The molecule has 5 rings (SSSR count). The Labute approximate surface area is 223 Å². The fraction of sp³-hybridized carbons (Fsp3) is 0.467. The van der Waals surface area contributed by atoms with Crippen LogP contribution in [0.3, 0.4) is 0 Å². The van der Waals surface area contributed by atoms with Crippen LogP contribution in [0.1, 0.15) is 90.5 Å². The average molecular weight is 650 g/mol. The Balaban J connectivity index is 0.000000378. The molecule has 0 spiro atoms. The fourth-order valence-electron chi connectivity index (χ4n) is 5.83. The minimum atomic E-state index is -0.125. The van der Waals surface area contributed by atoms with Gasteiger partial charge >= 0.3 is 6.01 Å². The van der Waals surface area contributed by atoms with Gasteiger partial charge in [-0.05, 0) is 31.1 Å². The molecule has 2 aromatic rings. The van der Waals surface area contributed by atoms with Gasteiger partial charge in [-0.3, -0.25) is 4.79 Å². The number of hydrogen-bond donors (Lipinski definition) is 1. The van der Waals surface area contributed by atoms with Gasteiger partial charge in [0.1, 0.15) is 5.69 Å². The minimum absolute atomic E-state index is 0. The molecule has 2 aromatic carbocycles. The molecule has 0 bridgehead atoms. The summed E-state index contributed by atoms with van der Waals surface area (Å²) in [7, 11) is 2.09. The van der Waals surface area contributed by atoms with Crippen LogP contribution in [0, 0.1) is 6.07 Å². The van der Waals surface area contributed by atoms with Gasteiger partial charge < -0.3 is 5.11 Å². The van der Waals surface area contributed by atoms with Crippen LogP contribution in [0.15, 0.2) is 36.1 Å². The van der Waals surface area contributed by atoms with Gasteiger partial charge in [-0.15, -0.1) is 17.2 Å². The maximum absolute atomic E-state index is 10.0. The first kappa shape index (κ1) is 27.3. The van der Waals surface area contributed by atoms with Crippen molar-refractivity contribution in [3.05, 3.63) is 64.4 Å². The molecule has 2 aliphatic heterocycles. The molecule has 0 fully saturated rings. The van der Waals surface area contributed by atoms with Gasteiger partial charge in [0.2, 0.25) is 0 Å². The molecule has 1 aliphatic carbocycles. The molecule has 3 aliphatic rings. The summed E-state index contributed by atoms with van der Waals surface area (Å²) < 4.78 is 4.37. The molecule has 0 aromatic heterocycles. The Morgan fingerprint density at radius 2 is 1.66 bits per heavy atom. The number of hydrogen-bond acceptors (Lipinski definition) is 2. The first-order chi connectivity index (χ1) is 15.7. The van der Waals surface area contributed by atoms with Crippen molar-refractivity contribution in [3.63, 3.8) is 0 Å². The summed E-state index contributed by atoms with van der Waals surface area (Å²) in [4.78, 5) is 10.0. The molecular formula is C30H37IrN2O2+. The SMILES string of the molecule is CC(=O)/C=C(/C)O.C[N+]1=C=[N+]2c3[c-]cc4c(c3C(C)(C)c3cccc1c32)C(C)(C)CCC4(C)C.[Ir]. The molecular weight excluding hydrogens is 613 g/mol. The molecule has 0 atom stereocenters. The van der Waals surface area contributed by atoms with E-state index in [-0.39, 0.29) is 47.9 Å². The van der Waals surface area contributed by atoms with Crippen molar-refractivity contribution in [2.75, 3.05) is 7.05 Å². The Morgan fingerprint density at radius 3 is 2.23 bits per heavy atom. The number of allylic oxidation sites excluding steroid dienone is 2. The molecule has 2 heterocycles. The Bertz CT molecular complexity index is 1320. The maximum atomic E-state index is 10.0. The van der Waals surface area contributed by atoms with Gasteiger partial charge in [-0.25, -0.2) is 0 Å². The molecule has 0 amide bonds. The van der Waals surface area contributed by atoms with E-state index < -0.39 is 0 Å². The number of aliphatic hydroxyl groups is 1. The molecule has 0 saturated carbocycles. The molecule has 0 unspecified atom stereocenters. The van der Waals surface area contributed by atoms with E-state index in [0.717, 1.165) is 0 Å². The molecule has 0 saturated heterocycles. The predicted octanol–water partition coefficient (Wildman–Crippen LogP) is 6.81. The van der Waals surface area contributed by atoms with Crippen molar-refractivity contribution in [3.8, 4) is 0 Å². The molecule has 1 radical (unpaired) electrons. The quantitative estimate of drug-likeness (QED) is 0.160. The third-order valence-electron chi connectivity index (χ3n) is 7.67. The van der Waals surface area contributed by atoms with Crippen molar-refractivity contribution in [1.82, 2.24) is 4.58 Å². The zero-order valence-corrected chi connectivity index (χ0v) is 24.8. The number of aliphatic hydroxyl groups excluding tert-OH is 1. The van der Waals surface area contributed by atoms with Crippen LogP contribution in [0.2, 0.25) is 0 Å². The van der Waals surface area contributed by atoms with Gasteiger partial charge in [0, 0.05) is 37.8 Å². The number of carbonyl (C=O) groups is 1. The van der Waals surface area contributed by atoms with Crippen LogP contribution in [-0.4, -0.2) is 28.5 Å². The number of benzene rings is 2.